The van der Waals surface area contributed by atoms with Crippen molar-refractivity contribution in [2.75, 3.05) is 88.4 Å². The second-order valence-electron chi connectivity index (χ2n) is 18.0. The van der Waals surface area contributed by atoms with Crippen molar-refractivity contribution in [1.29, 1.82) is 0 Å². The first-order valence-electron chi connectivity index (χ1n) is 23.4. The van der Waals surface area contributed by atoms with E-state index in [0.29, 0.717) is 97.9 Å². The minimum atomic E-state index is -0.185. The lowest BCUT2D eigenvalue weighted by molar-refractivity contribution is 0.0264. The van der Waals surface area contributed by atoms with Gasteiger partial charge >= 0.3 is 0 Å². The molecule has 70 heavy (non-hydrogen) atoms. The van der Waals surface area contributed by atoms with Crippen LogP contribution in [0.2, 0.25) is 0 Å². The molecule has 0 bridgehead atoms. The van der Waals surface area contributed by atoms with Gasteiger partial charge < -0.3 is 38.1 Å². The van der Waals surface area contributed by atoms with Crippen LogP contribution in [0.3, 0.4) is 0 Å². The number of para-hydroxylation sites is 2. The van der Waals surface area contributed by atoms with Crippen molar-refractivity contribution in [3.63, 3.8) is 0 Å². The zero-order chi connectivity index (χ0) is 48.8. The highest BCUT2D eigenvalue weighted by Crippen LogP contribution is 2.44. The van der Waals surface area contributed by atoms with E-state index in [-0.39, 0.29) is 41.9 Å². The standard InChI is InChI=1S/C54H59N5O9S2/c1-54(2,70-69-6)34-57(15-16-65-19-20-66-18-17-62-3)39-22-35(32-67-50-28-44-42(26-48(50)63-4)52(60)58-40(30-55-44)24-37-11-7-9-13-46(37)58)21-36(23-39)33-68-51-29-45-43(27-49(51)64-5)53(61)59-41(31-56-45)25-38-12-8-10-14-47(38)59/h7-14,21-23,26-31,40-41H,15-20,24-25,32-34H2,1-6H3/t40-,41-/m0/s1. The lowest BCUT2D eigenvalue weighted by Crippen LogP contribution is -2.38. The second-order valence-corrected chi connectivity index (χ2v) is 21.1. The molecule has 4 aliphatic heterocycles. The third-order valence-electron chi connectivity index (χ3n) is 12.6. The first-order chi connectivity index (χ1) is 34.1. The van der Waals surface area contributed by atoms with Gasteiger partial charge in [0.05, 0.1) is 81.8 Å². The van der Waals surface area contributed by atoms with Gasteiger partial charge in [-0.25, -0.2) is 0 Å². The van der Waals surface area contributed by atoms with Gasteiger partial charge in [0.2, 0.25) is 0 Å². The third kappa shape index (κ3) is 10.7. The topological polar surface area (TPSA) is 133 Å². The monoisotopic (exact) mass is 985 g/mol. The number of hydrogen-bond donors (Lipinski definition) is 0. The Bertz CT molecular complexity index is 2620. The largest absolute Gasteiger partial charge is 0.493 e. The normalized spacial score (nSPS) is 16.4. The molecular formula is C54H59N5O9S2. The van der Waals surface area contributed by atoms with Crippen molar-refractivity contribution >= 4 is 74.3 Å². The van der Waals surface area contributed by atoms with E-state index in [1.54, 1.807) is 56.4 Å². The number of benzene rings is 5. The fourth-order valence-electron chi connectivity index (χ4n) is 9.44. The predicted octanol–water partition coefficient (Wildman–Crippen LogP) is 9.71. The molecule has 0 unspecified atom stereocenters. The number of methoxy groups -OCH3 is 3. The minimum absolute atomic E-state index is 0.125. The Morgan fingerprint density at radius 2 is 1.14 bits per heavy atom. The average Bonchev–Trinajstić information content (AvgIpc) is 3.86. The summed E-state index contributed by atoms with van der Waals surface area (Å²) in [5.41, 5.74) is 8.67. The summed E-state index contributed by atoms with van der Waals surface area (Å²) in [7, 11) is 8.36. The first kappa shape index (κ1) is 49.0. The fraction of sp³-hybridized carbons (Fsp3) is 0.370. The van der Waals surface area contributed by atoms with E-state index in [4.69, 9.17) is 43.1 Å². The maximum atomic E-state index is 14.1. The SMILES string of the molecule is COCCOCCOCCN(CC(C)(C)SSC)c1cc(COc2cc3c(cc2OC)C(=O)N2c4ccccc4C[C@H]2C=N3)cc(COc2cc3c(cc2OC)C(=O)N2c4ccccc4C[C@H]2C=N3)c1. The molecule has 5 aromatic carbocycles. The van der Waals surface area contributed by atoms with E-state index in [9.17, 15) is 9.59 Å². The lowest BCUT2D eigenvalue weighted by Gasteiger charge is -2.34. The van der Waals surface area contributed by atoms with Crippen LogP contribution in [0, 0.1) is 0 Å². The van der Waals surface area contributed by atoms with Crippen LogP contribution in [-0.4, -0.2) is 115 Å². The molecule has 366 valence electrons. The molecule has 0 radical (unpaired) electrons. The summed E-state index contributed by atoms with van der Waals surface area (Å²) < 4.78 is 41.7. The van der Waals surface area contributed by atoms with Crippen molar-refractivity contribution in [1.82, 2.24) is 0 Å². The Hall–Kier alpha value is -6.04. The molecule has 9 rings (SSSR count). The zero-order valence-corrected chi connectivity index (χ0v) is 42.1. The number of anilines is 3. The third-order valence-corrected chi connectivity index (χ3v) is 15.2. The van der Waals surface area contributed by atoms with Crippen LogP contribution >= 0.6 is 21.6 Å². The molecule has 0 N–H and O–H groups in total. The fourth-order valence-corrected chi connectivity index (χ4v) is 11.6. The molecule has 2 amide bonds. The zero-order valence-electron chi connectivity index (χ0n) is 40.5. The number of carbonyl (C=O) groups excluding carboxylic acids is 2. The van der Waals surface area contributed by atoms with Gasteiger partial charge in [-0.2, -0.15) is 0 Å². The summed E-state index contributed by atoms with van der Waals surface area (Å²) in [4.78, 5) is 43.9. The van der Waals surface area contributed by atoms with Gasteiger partial charge in [0.25, 0.3) is 11.8 Å². The van der Waals surface area contributed by atoms with E-state index in [1.165, 1.54) is 0 Å². The molecular weight excluding hydrogens is 927 g/mol. The summed E-state index contributed by atoms with van der Waals surface area (Å²) in [5.74, 6) is 1.50. The maximum absolute atomic E-state index is 14.1. The Morgan fingerprint density at radius 1 is 0.643 bits per heavy atom. The molecule has 0 fully saturated rings. The number of aliphatic imine (C=N–C) groups is 2. The highest BCUT2D eigenvalue weighted by molar-refractivity contribution is 8.77. The van der Waals surface area contributed by atoms with Gasteiger partial charge in [0.1, 0.15) is 13.2 Å². The second kappa shape index (κ2) is 21.9. The molecule has 0 saturated carbocycles. The van der Waals surface area contributed by atoms with Gasteiger partial charge in [0, 0.05) is 79.4 Å². The number of rotatable bonds is 22. The van der Waals surface area contributed by atoms with Crippen LogP contribution in [-0.2, 0) is 40.3 Å². The Labute approximate surface area is 417 Å². The Kier molecular flexibility index (Phi) is 15.3. The Morgan fingerprint density at radius 3 is 1.64 bits per heavy atom. The van der Waals surface area contributed by atoms with Crippen molar-refractivity contribution in [2.45, 2.75) is 56.7 Å². The molecule has 0 aliphatic carbocycles. The van der Waals surface area contributed by atoms with Crippen molar-refractivity contribution in [2.24, 2.45) is 9.98 Å². The van der Waals surface area contributed by atoms with Crippen LogP contribution in [0.25, 0.3) is 0 Å². The van der Waals surface area contributed by atoms with E-state index in [1.807, 2.05) is 69.4 Å². The van der Waals surface area contributed by atoms with Gasteiger partial charge in [0.15, 0.2) is 23.0 Å². The van der Waals surface area contributed by atoms with Crippen molar-refractivity contribution in [3.05, 3.63) is 124 Å². The summed E-state index contributed by atoms with van der Waals surface area (Å²) >= 11 is 0. The number of carbonyl (C=O) groups is 2. The highest BCUT2D eigenvalue weighted by Gasteiger charge is 2.38. The van der Waals surface area contributed by atoms with E-state index >= 15 is 0 Å². The molecule has 0 saturated heterocycles. The van der Waals surface area contributed by atoms with Crippen LogP contribution in [0.1, 0.15) is 56.8 Å². The van der Waals surface area contributed by atoms with Gasteiger partial charge in [-0.15, -0.1) is 0 Å². The quantitative estimate of drug-likeness (QED) is 0.0483. The number of ether oxygens (including phenoxy) is 7. The Balaban J connectivity index is 1.00. The van der Waals surface area contributed by atoms with E-state index in [0.717, 1.165) is 45.9 Å². The molecule has 0 aromatic heterocycles. The minimum Gasteiger partial charge on any atom is -0.493 e. The molecule has 5 aromatic rings. The van der Waals surface area contributed by atoms with E-state index < -0.39 is 0 Å². The van der Waals surface area contributed by atoms with Crippen LogP contribution in [0.5, 0.6) is 23.0 Å². The molecule has 2 atom stereocenters. The van der Waals surface area contributed by atoms with Gasteiger partial charge in [-0.1, -0.05) is 58.0 Å². The number of fused-ring (bicyclic) bond motifs is 8. The molecule has 16 heteroatoms. The van der Waals surface area contributed by atoms with Crippen LogP contribution in [0.15, 0.2) is 101 Å². The van der Waals surface area contributed by atoms with Crippen LogP contribution in [0.4, 0.5) is 28.4 Å². The number of hydrogen-bond acceptors (Lipinski definition) is 14. The lowest BCUT2D eigenvalue weighted by atomic mass is 10.1. The molecule has 14 nitrogen and oxygen atoms in total. The molecule has 4 aliphatic rings. The average molecular weight is 986 g/mol. The van der Waals surface area contributed by atoms with Gasteiger partial charge in [-0.05, 0) is 84.8 Å². The maximum Gasteiger partial charge on any atom is 0.261 e. The summed E-state index contributed by atoms with van der Waals surface area (Å²) in [5, 5.41) is 0. The summed E-state index contributed by atoms with van der Waals surface area (Å²) in [6.07, 6.45) is 7.19. The van der Waals surface area contributed by atoms with Crippen molar-refractivity contribution < 1.29 is 42.7 Å². The first-order valence-corrected chi connectivity index (χ1v) is 26.0. The molecule has 0 spiro atoms. The highest BCUT2D eigenvalue weighted by atomic mass is 33.1. The number of nitrogens with zero attached hydrogens (tertiary/aromatic N) is 5. The summed E-state index contributed by atoms with van der Waals surface area (Å²) in [6, 6.07) is 29.0. The van der Waals surface area contributed by atoms with Crippen LogP contribution < -0.4 is 33.6 Å². The smallest absolute Gasteiger partial charge is 0.261 e. The van der Waals surface area contributed by atoms with E-state index in [2.05, 4.69) is 55.3 Å². The molecule has 4 heterocycles. The van der Waals surface area contributed by atoms with Gasteiger partial charge in [-0.3, -0.25) is 29.4 Å². The summed E-state index contributed by atoms with van der Waals surface area (Å²) in [6.45, 7) is 8.61. The van der Waals surface area contributed by atoms with Crippen molar-refractivity contribution in [3.8, 4) is 23.0 Å². The predicted molar refractivity (Wildman–Crippen MR) is 280 cm³/mol. The number of amides is 2.